The Hall–Kier alpha value is -0.650. The molecule has 0 aromatic carbocycles. The second-order valence-electron chi connectivity index (χ2n) is 1.06. The van der Waals surface area contributed by atoms with E-state index in [0.717, 1.165) is 6.34 Å². The summed E-state index contributed by atoms with van der Waals surface area (Å²) in [5.41, 5.74) is 14.1. The molecule has 0 spiro atoms. The van der Waals surface area contributed by atoms with Crippen LogP contribution in [0.15, 0.2) is 4.99 Å². The molecular formula is C2H8N4O. The summed E-state index contributed by atoms with van der Waals surface area (Å²) in [5.74, 6) is -2.01. The zero-order chi connectivity index (χ0) is 5.91. The first kappa shape index (κ1) is 6.35. The second-order valence-corrected chi connectivity index (χ2v) is 1.06. The fourth-order valence-corrected chi connectivity index (χ4v) is 0.119. The Balaban J connectivity index is 3.56. The summed E-state index contributed by atoms with van der Waals surface area (Å²) in [6, 6.07) is 0. The van der Waals surface area contributed by atoms with Crippen molar-refractivity contribution in [3.8, 4) is 0 Å². The molecule has 42 valence electrons. The van der Waals surface area contributed by atoms with Crippen LogP contribution in [0.3, 0.4) is 0 Å². The molecule has 5 nitrogen and oxygen atoms in total. The molecular weight excluding hydrogens is 96.0 g/mol. The minimum absolute atomic E-state index is 0.833. The van der Waals surface area contributed by atoms with Crippen LogP contribution in [-0.4, -0.2) is 17.4 Å². The van der Waals surface area contributed by atoms with Crippen LogP contribution in [0.2, 0.25) is 0 Å². The standard InChI is InChI=1S/C2H8N4O/c3-1-6-2(4,5)7/h1,7H,4-5H2,(H2,3,6). The van der Waals surface area contributed by atoms with Gasteiger partial charge in [0.2, 0.25) is 0 Å². The number of rotatable bonds is 1. The topological polar surface area (TPSA) is 111 Å². The number of aliphatic imine (C=N–C) groups is 1. The molecule has 0 aliphatic carbocycles. The van der Waals surface area contributed by atoms with E-state index in [4.69, 9.17) is 22.3 Å². The summed E-state index contributed by atoms with van der Waals surface area (Å²) in [4.78, 5) is 3.02. The van der Waals surface area contributed by atoms with Gasteiger partial charge >= 0.3 is 0 Å². The highest BCUT2D eigenvalue weighted by molar-refractivity contribution is 5.51. The number of hydrogen-bond donors (Lipinski definition) is 4. The number of nitrogens with zero attached hydrogens (tertiary/aromatic N) is 1. The lowest BCUT2D eigenvalue weighted by atomic mass is 10.8. The van der Waals surface area contributed by atoms with E-state index in [1.54, 1.807) is 0 Å². The third kappa shape index (κ3) is 5.35. The zero-order valence-electron chi connectivity index (χ0n) is 3.70. The number of aliphatic hydroxyl groups is 1. The molecule has 0 atom stereocenters. The fourth-order valence-electron chi connectivity index (χ4n) is 0.119. The lowest BCUT2D eigenvalue weighted by Gasteiger charge is -2.07. The Bertz CT molecular complexity index is 72.2. The van der Waals surface area contributed by atoms with Crippen LogP contribution in [0.25, 0.3) is 0 Å². The summed E-state index contributed by atoms with van der Waals surface area (Å²) in [7, 11) is 0. The van der Waals surface area contributed by atoms with Crippen LogP contribution < -0.4 is 17.2 Å². The first-order valence-electron chi connectivity index (χ1n) is 1.62. The largest absolute Gasteiger partial charge is 0.390 e. The van der Waals surface area contributed by atoms with Gasteiger partial charge in [-0.05, 0) is 0 Å². The maximum Gasteiger partial charge on any atom is 0.271 e. The molecule has 5 heteroatoms. The van der Waals surface area contributed by atoms with Gasteiger partial charge in [-0.1, -0.05) is 0 Å². The third-order valence-corrected chi connectivity index (χ3v) is 0.281. The summed E-state index contributed by atoms with van der Waals surface area (Å²) in [6.45, 7) is 0. The molecule has 0 fully saturated rings. The summed E-state index contributed by atoms with van der Waals surface area (Å²) in [5, 5.41) is 8.30. The predicted octanol–water partition coefficient (Wildman–Crippen LogP) is -2.51. The highest BCUT2D eigenvalue weighted by atomic mass is 16.3. The van der Waals surface area contributed by atoms with Crippen molar-refractivity contribution >= 4 is 6.34 Å². The molecule has 0 aromatic heterocycles. The highest BCUT2D eigenvalue weighted by Gasteiger charge is 2.06. The molecule has 0 unspecified atom stereocenters. The van der Waals surface area contributed by atoms with Gasteiger partial charge < -0.3 is 10.8 Å². The lowest BCUT2D eigenvalue weighted by molar-refractivity contribution is 0.0645. The van der Waals surface area contributed by atoms with E-state index >= 15 is 0 Å². The molecule has 0 radical (unpaired) electrons. The smallest absolute Gasteiger partial charge is 0.271 e. The van der Waals surface area contributed by atoms with Crippen molar-refractivity contribution in [2.24, 2.45) is 22.2 Å². The van der Waals surface area contributed by atoms with Crippen LogP contribution in [0.4, 0.5) is 0 Å². The SMILES string of the molecule is NC=NC(N)(N)O. The molecule has 0 bridgehead atoms. The zero-order valence-corrected chi connectivity index (χ0v) is 3.70. The molecule has 7 N–H and O–H groups in total. The monoisotopic (exact) mass is 104 g/mol. The summed E-state index contributed by atoms with van der Waals surface area (Å²) < 4.78 is 0. The molecule has 0 heterocycles. The molecule has 0 rings (SSSR count). The normalized spacial score (nSPS) is 13.0. The number of nitrogens with two attached hydrogens (primary N) is 3. The fraction of sp³-hybridized carbons (Fsp3) is 0.500. The number of hydrogen-bond acceptors (Lipinski definition) is 4. The Labute approximate surface area is 40.8 Å². The van der Waals surface area contributed by atoms with E-state index in [1.807, 2.05) is 0 Å². The predicted molar refractivity (Wildman–Crippen MR) is 26.0 cm³/mol. The average Bonchev–Trinajstić information content (AvgIpc) is 1.30. The summed E-state index contributed by atoms with van der Waals surface area (Å²) in [6.07, 6.45) is 0.833. The van der Waals surface area contributed by atoms with Crippen LogP contribution in [-0.2, 0) is 0 Å². The van der Waals surface area contributed by atoms with Crippen molar-refractivity contribution in [3.05, 3.63) is 0 Å². The van der Waals surface area contributed by atoms with Crippen molar-refractivity contribution < 1.29 is 5.11 Å². The average molecular weight is 104 g/mol. The van der Waals surface area contributed by atoms with Crippen molar-refractivity contribution in [1.82, 2.24) is 0 Å². The van der Waals surface area contributed by atoms with Gasteiger partial charge in [0.25, 0.3) is 5.97 Å². The van der Waals surface area contributed by atoms with Crippen molar-refractivity contribution in [3.63, 3.8) is 0 Å². The van der Waals surface area contributed by atoms with E-state index in [9.17, 15) is 0 Å². The minimum Gasteiger partial charge on any atom is -0.390 e. The Morgan fingerprint density at radius 1 is 1.57 bits per heavy atom. The van der Waals surface area contributed by atoms with E-state index < -0.39 is 5.97 Å². The molecule has 0 aliphatic rings. The minimum atomic E-state index is -2.01. The Kier molecular flexibility index (Phi) is 1.70. The molecule has 0 aromatic rings. The van der Waals surface area contributed by atoms with Crippen molar-refractivity contribution in [2.45, 2.75) is 5.97 Å². The van der Waals surface area contributed by atoms with Crippen LogP contribution in [0.1, 0.15) is 0 Å². The van der Waals surface area contributed by atoms with E-state index in [-0.39, 0.29) is 0 Å². The van der Waals surface area contributed by atoms with Gasteiger partial charge in [-0.25, -0.2) is 4.99 Å². The first-order valence-corrected chi connectivity index (χ1v) is 1.62. The summed E-state index contributed by atoms with van der Waals surface area (Å²) >= 11 is 0. The quantitative estimate of drug-likeness (QED) is 0.167. The molecule has 0 saturated heterocycles. The maximum atomic E-state index is 8.30. The van der Waals surface area contributed by atoms with Crippen LogP contribution in [0.5, 0.6) is 0 Å². The van der Waals surface area contributed by atoms with Gasteiger partial charge in [0.15, 0.2) is 0 Å². The molecule has 7 heavy (non-hydrogen) atoms. The van der Waals surface area contributed by atoms with Gasteiger partial charge in [0.1, 0.15) is 0 Å². The van der Waals surface area contributed by atoms with Crippen molar-refractivity contribution in [1.29, 1.82) is 0 Å². The van der Waals surface area contributed by atoms with E-state index in [2.05, 4.69) is 4.99 Å². The molecule has 0 amide bonds. The Morgan fingerprint density at radius 3 is 2.00 bits per heavy atom. The van der Waals surface area contributed by atoms with Gasteiger partial charge in [0.05, 0.1) is 6.34 Å². The van der Waals surface area contributed by atoms with Crippen LogP contribution >= 0.6 is 0 Å². The lowest BCUT2D eigenvalue weighted by Crippen LogP contribution is -2.47. The first-order chi connectivity index (χ1) is 3.06. The van der Waals surface area contributed by atoms with Crippen LogP contribution in [0, 0.1) is 0 Å². The molecule has 0 aliphatic heterocycles. The van der Waals surface area contributed by atoms with E-state index in [0.29, 0.717) is 0 Å². The van der Waals surface area contributed by atoms with Gasteiger partial charge in [-0.15, -0.1) is 0 Å². The second kappa shape index (κ2) is 1.87. The maximum absolute atomic E-state index is 8.30. The van der Waals surface area contributed by atoms with Gasteiger partial charge in [-0.2, -0.15) is 0 Å². The van der Waals surface area contributed by atoms with Gasteiger partial charge in [0, 0.05) is 0 Å². The molecule has 0 saturated carbocycles. The Morgan fingerprint density at radius 2 is 2.00 bits per heavy atom. The highest BCUT2D eigenvalue weighted by Crippen LogP contribution is 1.77. The van der Waals surface area contributed by atoms with Crippen molar-refractivity contribution in [2.75, 3.05) is 0 Å². The van der Waals surface area contributed by atoms with E-state index in [1.165, 1.54) is 0 Å². The third-order valence-electron chi connectivity index (χ3n) is 0.281. The van der Waals surface area contributed by atoms with Gasteiger partial charge in [-0.3, -0.25) is 11.5 Å².